The minimum Gasteiger partial charge on any atom is -0.379 e. The van der Waals surface area contributed by atoms with Crippen molar-refractivity contribution in [2.45, 2.75) is 23.8 Å². The Morgan fingerprint density at radius 2 is 2.40 bits per heavy atom. The van der Waals surface area contributed by atoms with Gasteiger partial charge in [0.2, 0.25) is 0 Å². The van der Waals surface area contributed by atoms with Gasteiger partial charge in [0.25, 0.3) is 0 Å². The number of rotatable bonds is 3. The van der Waals surface area contributed by atoms with Crippen LogP contribution in [0, 0.1) is 0 Å². The summed E-state index contributed by atoms with van der Waals surface area (Å²) in [5.74, 6) is 1.10. The van der Waals surface area contributed by atoms with Crippen molar-refractivity contribution in [3.8, 4) is 0 Å². The van der Waals surface area contributed by atoms with E-state index >= 15 is 0 Å². The van der Waals surface area contributed by atoms with Gasteiger partial charge in [-0.15, -0.1) is 11.8 Å². The van der Waals surface area contributed by atoms with Gasteiger partial charge in [-0.05, 0) is 31.5 Å². The van der Waals surface area contributed by atoms with Crippen LogP contribution in [0.1, 0.15) is 12.8 Å². The molecule has 0 bridgehead atoms. The number of halogens is 1. The second-order valence-electron chi connectivity index (χ2n) is 3.70. The lowest BCUT2D eigenvalue weighted by Gasteiger charge is -2.27. The molecule has 1 aliphatic rings. The number of hydrogen-bond donors (Lipinski definition) is 2. The molecule has 1 aromatic carbocycles. The van der Waals surface area contributed by atoms with Gasteiger partial charge in [-0.1, -0.05) is 17.7 Å². The third kappa shape index (κ3) is 2.60. The molecule has 15 heavy (non-hydrogen) atoms. The maximum Gasteiger partial charge on any atom is 0.0670 e. The van der Waals surface area contributed by atoms with Gasteiger partial charge in [-0.3, -0.25) is 0 Å². The van der Waals surface area contributed by atoms with Crippen molar-refractivity contribution in [1.29, 1.82) is 0 Å². The summed E-state index contributed by atoms with van der Waals surface area (Å²) >= 11 is 8.01. The third-order valence-electron chi connectivity index (χ3n) is 2.52. The van der Waals surface area contributed by atoms with Gasteiger partial charge in [0.15, 0.2) is 0 Å². The van der Waals surface area contributed by atoms with E-state index in [0.717, 1.165) is 35.8 Å². The van der Waals surface area contributed by atoms with E-state index in [0.29, 0.717) is 6.04 Å². The molecule has 2 rings (SSSR count). The summed E-state index contributed by atoms with van der Waals surface area (Å²) in [4.78, 5) is 1.26. The normalized spacial score (nSPS) is 19.5. The zero-order valence-electron chi connectivity index (χ0n) is 8.50. The van der Waals surface area contributed by atoms with E-state index < -0.39 is 0 Å². The summed E-state index contributed by atoms with van der Waals surface area (Å²) in [6.45, 7) is 0.762. The largest absolute Gasteiger partial charge is 0.379 e. The lowest BCUT2D eigenvalue weighted by atomic mass is 10.1. The number of benzene rings is 1. The molecule has 4 heteroatoms. The van der Waals surface area contributed by atoms with E-state index in [1.54, 1.807) is 0 Å². The number of nitrogens with two attached hydrogens (primary N) is 1. The molecule has 0 radical (unpaired) electrons. The van der Waals surface area contributed by atoms with E-state index in [9.17, 15) is 0 Å². The van der Waals surface area contributed by atoms with Gasteiger partial charge in [0.1, 0.15) is 0 Å². The molecule has 0 saturated heterocycles. The predicted octanol–water partition coefficient (Wildman–Crippen LogP) is 2.97. The summed E-state index contributed by atoms with van der Waals surface area (Å²) in [7, 11) is 0. The first-order valence-electron chi connectivity index (χ1n) is 5.19. The van der Waals surface area contributed by atoms with Crippen LogP contribution in [0.5, 0.6) is 0 Å². The van der Waals surface area contributed by atoms with E-state index in [4.69, 9.17) is 17.3 Å². The smallest absolute Gasteiger partial charge is 0.0670 e. The standard InChI is InChI=1S/C11H15ClN2S/c12-9-4-1-5-10-11(9)14-8(7-15-10)3-2-6-13/h1,4-5,8,14H,2-3,6-7,13H2. The number of para-hydroxylation sites is 1. The van der Waals surface area contributed by atoms with Crippen LogP contribution < -0.4 is 11.1 Å². The number of hydrogen-bond acceptors (Lipinski definition) is 3. The Labute approximate surface area is 99.6 Å². The molecular formula is C11H15ClN2S. The lowest BCUT2D eigenvalue weighted by Crippen LogP contribution is -2.26. The summed E-state index contributed by atoms with van der Waals surface area (Å²) in [5, 5.41) is 4.31. The molecule has 1 aliphatic heterocycles. The molecule has 1 heterocycles. The molecule has 0 aliphatic carbocycles. The Bertz CT molecular complexity index is 343. The molecule has 1 unspecified atom stereocenters. The van der Waals surface area contributed by atoms with E-state index in [1.807, 2.05) is 23.9 Å². The maximum absolute atomic E-state index is 6.14. The van der Waals surface area contributed by atoms with Crippen molar-refractivity contribution in [3.63, 3.8) is 0 Å². The van der Waals surface area contributed by atoms with Crippen LogP contribution in [0.4, 0.5) is 5.69 Å². The molecule has 1 atom stereocenters. The fraction of sp³-hybridized carbons (Fsp3) is 0.455. The molecule has 0 fully saturated rings. The number of nitrogens with one attached hydrogen (secondary N) is 1. The highest BCUT2D eigenvalue weighted by Gasteiger charge is 2.19. The van der Waals surface area contributed by atoms with Crippen LogP contribution in [-0.4, -0.2) is 18.3 Å². The van der Waals surface area contributed by atoms with Gasteiger partial charge in [-0.2, -0.15) is 0 Å². The van der Waals surface area contributed by atoms with Crippen LogP contribution in [-0.2, 0) is 0 Å². The molecule has 2 nitrogen and oxygen atoms in total. The Balaban J connectivity index is 2.08. The number of thioether (sulfide) groups is 1. The van der Waals surface area contributed by atoms with Crippen molar-refractivity contribution in [3.05, 3.63) is 23.2 Å². The van der Waals surface area contributed by atoms with Gasteiger partial charge in [0, 0.05) is 16.7 Å². The second kappa shape index (κ2) is 5.10. The molecule has 1 aromatic rings. The second-order valence-corrected chi connectivity index (χ2v) is 5.17. The van der Waals surface area contributed by atoms with Gasteiger partial charge < -0.3 is 11.1 Å². The topological polar surface area (TPSA) is 38.0 Å². The first-order chi connectivity index (χ1) is 7.31. The SMILES string of the molecule is NCCCC1CSc2cccc(Cl)c2N1. The van der Waals surface area contributed by atoms with Crippen LogP contribution in [0.3, 0.4) is 0 Å². The first kappa shape index (κ1) is 11.1. The number of fused-ring (bicyclic) bond motifs is 1. The van der Waals surface area contributed by atoms with Crippen LogP contribution in [0.25, 0.3) is 0 Å². The van der Waals surface area contributed by atoms with Crippen LogP contribution in [0.2, 0.25) is 5.02 Å². The maximum atomic E-state index is 6.14. The van der Waals surface area contributed by atoms with E-state index in [2.05, 4.69) is 11.4 Å². The van der Waals surface area contributed by atoms with Crippen molar-refractivity contribution in [2.24, 2.45) is 5.73 Å². The monoisotopic (exact) mass is 242 g/mol. The third-order valence-corrected chi connectivity index (χ3v) is 4.06. The Hall–Kier alpha value is -0.380. The zero-order valence-corrected chi connectivity index (χ0v) is 10.1. The highest BCUT2D eigenvalue weighted by atomic mass is 35.5. The van der Waals surface area contributed by atoms with Crippen molar-refractivity contribution < 1.29 is 0 Å². The highest BCUT2D eigenvalue weighted by Crippen LogP contribution is 2.38. The van der Waals surface area contributed by atoms with Crippen LogP contribution in [0.15, 0.2) is 23.1 Å². The Morgan fingerprint density at radius 1 is 1.53 bits per heavy atom. The summed E-state index contributed by atoms with van der Waals surface area (Å²) in [6, 6.07) is 6.54. The molecule has 0 amide bonds. The van der Waals surface area contributed by atoms with Crippen molar-refractivity contribution in [1.82, 2.24) is 0 Å². The molecule has 0 saturated carbocycles. The zero-order chi connectivity index (χ0) is 10.7. The predicted molar refractivity (Wildman–Crippen MR) is 67.9 cm³/mol. The minimum atomic E-state index is 0.506. The highest BCUT2D eigenvalue weighted by molar-refractivity contribution is 7.99. The quantitative estimate of drug-likeness (QED) is 0.856. The summed E-state index contributed by atoms with van der Waals surface area (Å²) in [6.07, 6.45) is 2.19. The average molecular weight is 243 g/mol. The first-order valence-corrected chi connectivity index (χ1v) is 6.55. The molecule has 3 N–H and O–H groups in total. The average Bonchev–Trinajstić information content (AvgIpc) is 2.27. The van der Waals surface area contributed by atoms with Gasteiger partial charge in [-0.25, -0.2) is 0 Å². The fourth-order valence-corrected chi connectivity index (χ4v) is 3.12. The lowest BCUT2D eigenvalue weighted by molar-refractivity contribution is 0.665. The molecular weight excluding hydrogens is 228 g/mol. The van der Waals surface area contributed by atoms with Gasteiger partial charge in [0.05, 0.1) is 10.7 Å². The number of anilines is 1. The van der Waals surface area contributed by atoms with Crippen molar-refractivity contribution >= 4 is 29.1 Å². The Kier molecular flexibility index (Phi) is 3.78. The van der Waals surface area contributed by atoms with Crippen molar-refractivity contribution in [2.75, 3.05) is 17.6 Å². The fourth-order valence-electron chi connectivity index (χ4n) is 1.72. The molecule has 0 aromatic heterocycles. The van der Waals surface area contributed by atoms with E-state index in [1.165, 1.54) is 4.90 Å². The Morgan fingerprint density at radius 3 is 3.20 bits per heavy atom. The molecule has 82 valence electrons. The summed E-state index contributed by atoms with van der Waals surface area (Å²) in [5.41, 5.74) is 6.60. The van der Waals surface area contributed by atoms with E-state index in [-0.39, 0.29) is 0 Å². The summed E-state index contributed by atoms with van der Waals surface area (Å²) < 4.78 is 0. The van der Waals surface area contributed by atoms with Crippen LogP contribution >= 0.6 is 23.4 Å². The minimum absolute atomic E-state index is 0.506. The molecule has 0 spiro atoms. The van der Waals surface area contributed by atoms with Gasteiger partial charge >= 0.3 is 0 Å².